The predicted octanol–water partition coefficient (Wildman–Crippen LogP) is 4.92. The van der Waals surface area contributed by atoms with Crippen molar-refractivity contribution >= 4 is 17.2 Å². The fourth-order valence-electron chi connectivity index (χ4n) is 3.07. The van der Waals surface area contributed by atoms with Gasteiger partial charge in [-0.05, 0) is 55.5 Å². The van der Waals surface area contributed by atoms with Crippen LogP contribution in [0.25, 0.3) is 17.0 Å². The van der Waals surface area contributed by atoms with E-state index >= 15 is 0 Å². The number of benzene rings is 1. The Bertz CT molecular complexity index is 1210. The van der Waals surface area contributed by atoms with Crippen LogP contribution >= 0.6 is 0 Å². The number of aryl methyl sites for hydroxylation is 1. The van der Waals surface area contributed by atoms with E-state index < -0.39 is 6.61 Å². The number of aromatic nitrogens is 3. The molecule has 0 saturated heterocycles. The lowest BCUT2D eigenvalue weighted by atomic mass is 10.1. The summed E-state index contributed by atoms with van der Waals surface area (Å²) in [6.07, 6.45) is 1.89. The van der Waals surface area contributed by atoms with Gasteiger partial charge in [-0.15, -0.1) is 0 Å². The topological polar surface area (TPSA) is 75.2 Å². The first-order valence-electron chi connectivity index (χ1n) is 8.71. The lowest BCUT2D eigenvalue weighted by Gasteiger charge is -2.10. The lowest BCUT2D eigenvalue weighted by molar-refractivity contribution is -0.0498. The van der Waals surface area contributed by atoms with Crippen molar-refractivity contribution in [2.24, 2.45) is 0 Å². The second-order valence-electron chi connectivity index (χ2n) is 6.24. The Balaban J connectivity index is 1.71. The Kier molecular flexibility index (Phi) is 4.79. The Morgan fingerprint density at radius 3 is 2.62 bits per heavy atom. The molecule has 0 aliphatic rings. The molecule has 0 saturated carbocycles. The summed E-state index contributed by atoms with van der Waals surface area (Å²) in [5.41, 5.74) is 4.02. The van der Waals surface area contributed by atoms with Crippen LogP contribution < -0.4 is 10.1 Å². The standard InChI is InChI=1S/C21H15F2N5O/c1-13-20(28-9-3-2-4-19(28)25-13)17-10-14(12-24)11-18(27-17)26-15-5-7-16(8-6-15)29-21(22)23/h2-11,21H,1H3,(H,26,27). The number of ether oxygens (including phenoxy) is 1. The molecule has 0 aliphatic carbocycles. The summed E-state index contributed by atoms with van der Waals surface area (Å²) >= 11 is 0. The van der Waals surface area contributed by atoms with E-state index in [0.717, 1.165) is 17.0 Å². The maximum atomic E-state index is 12.3. The van der Waals surface area contributed by atoms with E-state index in [2.05, 4.69) is 26.1 Å². The van der Waals surface area contributed by atoms with Gasteiger partial charge in [-0.1, -0.05) is 6.07 Å². The molecule has 1 aromatic carbocycles. The average molecular weight is 391 g/mol. The second-order valence-corrected chi connectivity index (χ2v) is 6.24. The van der Waals surface area contributed by atoms with E-state index in [1.54, 1.807) is 24.3 Å². The number of anilines is 2. The highest BCUT2D eigenvalue weighted by Crippen LogP contribution is 2.27. The zero-order valence-electron chi connectivity index (χ0n) is 15.3. The number of nitriles is 1. The van der Waals surface area contributed by atoms with Gasteiger partial charge in [0.05, 0.1) is 28.7 Å². The number of alkyl halides is 2. The Morgan fingerprint density at radius 1 is 1.10 bits per heavy atom. The smallest absolute Gasteiger partial charge is 0.387 e. The van der Waals surface area contributed by atoms with E-state index in [4.69, 9.17) is 0 Å². The Hall–Kier alpha value is -3.99. The van der Waals surface area contributed by atoms with Crippen molar-refractivity contribution in [2.45, 2.75) is 13.5 Å². The van der Waals surface area contributed by atoms with E-state index in [-0.39, 0.29) is 5.75 Å². The summed E-state index contributed by atoms with van der Waals surface area (Å²) in [6, 6.07) is 17.2. The number of nitrogens with zero attached hydrogens (tertiary/aromatic N) is 4. The van der Waals surface area contributed by atoms with Gasteiger partial charge in [-0.2, -0.15) is 14.0 Å². The first kappa shape index (κ1) is 18.4. The average Bonchev–Trinajstić information content (AvgIpc) is 3.04. The van der Waals surface area contributed by atoms with Crippen molar-refractivity contribution in [3.8, 4) is 23.2 Å². The van der Waals surface area contributed by atoms with Gasteiger partial charge in [0.2, 0.25) is 0 Å². The van der Waals surface area contributed by atoms with Crippen molar-refractivity contribution < 1.29 is 13.5 Å². The monoisotopic (exact) mass is 391 g/mol. The molecule has 0 amide bonds. The van der Waals surface area contributed by atoms with Crippen LogP contribution in [0.15, 0.2) is 60.8 Å². The van der Waals surface area contributed by atoms with Crippen LogP contribution in [0, 0.1) is 18.3 Å². The van der Waals surface area contributed by atoms with Crippen LogP contribution in [0.1, 0.15) is 11.3 Å². The van der Waals surface area contributed by atoms with Gasteiger partial charge < -0.3 is 10.1 Å². The minimum atomic E-state index is -2.88. The van der Waals surface area contributed by atoms with Crippen molar-refractivity contribution in [1.82, 2.24) is 14.4 Å². The first-order valence-corrected chi connectivity index (χ1v) is 8.71. The number of pyridine rings is 2. The van der Waals surface area contributed by atoms with Gasteiger partial charge in [-0.3, -0.25) is 4.40 Å². The number of hydrogen-bond donors (Lipinski definition) is 1. The number of halogens is 2. The lowest BCUT2D eigenvalue weighted by Crippen LogP contribution is -2.02. The molecule has 6 nitrogen and oxygen atoms in total. The molecule has 0 aliphatic heterocycles. The number of nitrogens with one attached hydrogen (secondary N) is 1. The molecular formula is C21H15F2N5O. The molecule has 0 radical (unpaired) electrons. The molecule has 0 bridgehead atoms. The number of fused-ring (bicyclic) bond motifs is 1. The van der Waals surface area contributed by atoms with Crippen LogP contribution in [0.4, 0.5) is 20.3 Å². The van der Waals surface area contributed by atoms with Gasteiger partial charge in [0, 0.05) is 11.9 Å². The summed E-state index contributed by atoms with van der Waals surface area (Å²) in [5.74, 6) is 0.512. The third-order valence-electron chi connectivity index (χ3n) is 4.25. The molecule has 3 aromatic heterocycles. The molecule has 0 unspecified atom stereocenters. The zero-order valence-corrected chi connectivity index (χ0v) is 15.3. The van der Waals surface area contributed by atoms with Gasteiger partial charge in [-0.25, -0.2) is 9.97 Å². The van der Waals surface area contributed by atoms with E-state index in [1.165, 1.54) is 12.1 Å². The molecule has 0 spiro atoms. The Morgan fingerprint density at radius 2 is 1.90 bits per heavy atom. The molecular weight excluding hydrogens is 376 g/mol. The summed E-state index contributed by atoms with van der Waals surface area (Å²) in [5, 5.41) is 12.5. The zero-order chi connectivity index (χ0) is 20.4. The van der Waals surface area contributed by atoms with Gasteiger partial charge in [0.25, 0.3) is 0 Å². The summed E-state index contributed by atoms with van der Waals surface area (Å²) in [6.45, 7) is -0.989. The molecule has 3 heterocycles. The minimum absolute atomic E-state index is 0.0614. The number of hydrogen-bond acceptors (Lipinski definition) is 5. The number of imidazole rings is 1. The highest BCUT2D eigenvalue weighted by molar-refractivity contribution is 5.69. The van der Waals surface area contributed by atoms with Crippen LogP contribution in [0.3, 0.4) is 0 Å². The summed E-state index contributed by atoms with van der Waals surface area (Å²) < 4.78 is 30.8. The van der Waals surface area contributed by atoms with Crippen molar-refractivity contribution in [3.63, 3.8) is 0 Å². The van der Waals surface area contributed by atoms with Crippen molar-refractivity contribution in [3.05, 3.63) is 72.1 Å². The molecule has 4 rings (SSSR count). The van der Waals surface area contributed by atoms with Crippen LogP contribution in [-0.2, 0) is 0 Å². The Labute approximate surface area is 165 Å². The van der Waals surface area contributed by atoms with Crippen LogP contribution in [0.2, 0.25) is 0 Å². The maximum Gasteiger partial charge on any atom is 0.387 e. The van der Waals surface area contributed by atoms with Gasteiger partial charge in [0.15, 0.2) is 0 Å². The van der Waals surface area contributed by atoms with Crippen LogP contribution in [-0.4, -0.2) is 21.0 Å². The first-order chi connectivity index (χ1) is 14.0. The minimum Gasteiger partial charge on any atom is -0.435 e. The highest BCUT2D eigenvalue weighted by atomic mass is 19.3. The largest absolute Gasteiger partial charge is 0.435 e. The molecule has 29 heavy (non-hydrogen) atoms. The van der Waals surface area contributed by atoms with Crippen molar-refractivity contribution in [2.75, 3.05) is 5.32 Å². The SMILES string of the molecule is Cc1nc2ccccn2c1-c1cc(C#N)cc(Nc2ccc(OC(F)F)cc2)n1. The highest BCUT2D eigenvalue weighted by Gasteiger charge is 2.14. The molecule has 4 aromatic rings. The summed E-state index contributed by atoms with van der Waals surface area (Å²) in [4.78, 5) is 9.16. The second kappa shape index (κ2) is 7.56. The van der Waals surface area contributed by atoms with E-state index in [1.807, 2.05) is 35.7 Å². The van der Waals surface area contributed by atoms with Crippen molar-refractivity contribution in [1.29, 1.82) is 5.26 Å². The van der Waals surface area contributed by atoms with E-state index in [0.29, 0.717) is 22.8 Å². The molecule has 1 N–H and O–H groups in total. The third kappa shape index (κ3) is 3.84. The van der Waals surface area contributed by atoms with Gasteiger partial charge >= 0.3 is 6.61 Å². The maximum absolute atomic E-state index is 12.3. The molecule has 0 fully saturated rings. The van der Waals surface area contributed by atoms with Crippen LogP contribution in [0.5, 0.6) is 5.75 Å². The summed E-state index contributed by atoms with van der Waals surface area (Å²) in [7, 11) is 0. The molecule has 144 valence electrons. The fraction of sp³-hybridized carbons (Fsp3) is 0.0952. The predicted molar refractivity (Wildman–Crippen MR) is 104 cm³/mol. The van der Waals surface area contributed by atoms with E-state index in [9.17, 15) is 14.0 Å². The fourth-order valence-corrected chi connectivity index (χ4v) is 3.07. The third-order valence-corrected chi connectivity index (χ3v) is 4.25. The quantitative estimate of drug-likeness (QED) is 0.523. The van der Waals surface area contributed by atoms with Gasteiger partial charge in [0.1, 0.15) is 17.2 Å². The molecule has 8 heteroatoms. The molecule has 0 atom stereocenters. The normalized spacial score (nSPS) is 10.9. The number of rotatable bonds is 5.